The standard InChI is InChI=1S/C16H10F6O4/c17-13(18)14(19,20)16(22,26-12-7-3-10(24)4-8-12)15(13,21)25-11-5-1-9(23)2-6-11/h1-8,23-24H. The summed E-state index contributed by atoms with van der Waals surface area (Å²) < 4.78 is 92.8. The van der Waals surface area contributed by atoms with Gasteiger partial charge in [-0.1, -0.05) is 0 Å². The predicted molar refractivity (Wildman–Crippen MR) is 75.0 cm³/mol. The van der Waals surface area contributed by atoms with E-state index in [-0.39, 0.29) is 11.5 Å². The van der Waals surface area contributed by atoms with Gasteiger partial charge in [0.05, 0.1) is 0 Å². The molecule has 1 aliphatic rings. The zero-order valence-electron chi connectivity index (χ0n) is 12.6. The van der Waals surface area contributed by atoms with E-state index in [0.29, 0.717) is 0 Å². The van der Waals surface area contributed by atoms with Crippen molar-refractivity contribution in [3.05, 3.63) is 48.5 Å². The van der Waals surface area contributed by atoms with Gasteiger partial charge in [0, 0.05) is 0 Å². The van der Waals surface area contributed by atoms with Crippen molar-refractivity contribution in [2.24, 2.45) is 0 Å². The minimum atomic E-state index is -5.55. The van der Waals surface area contributed by atoms with Gasteiger partial charge in [0.25, 0.3) is 0 Å². The second kappa shape index (κ2) is 5.36. The largest absolute Gasteiger partial charge is 0.508 e. The van der Waals surface area contributed by atoms with E-state index < -0.39 is 35.1 Å². The lowest BCUT2D eigenvalue weighted by Crippen LogP contribution is -2.89. The van der Waals surface area contributed by atoms with Crippen molar-refractivity contribution in [3.63, 3.8) is 0 Å². The highest BCUT2D eigenvalue weighted by molar-refractivity contribution is 5.36. The minimum Gasteiger partial charge on any atom is -0.508 e. The maximum Gasteiger partial charge on any atom is 0.395 e. The Morgan fingerprint density at radius 2 is 0.808 bits per heavy atom. The highest BCUT2D eigenvalue weighted by Gasteiger charge is 3.03. The van der Waals surface area contributed by atoms with Crippen LogP contribution in [-0.2, 0) is 0 Å². The molecular formula is C16H10F6O4. The van der Waals surface area contributed by atoms with E-state index in [1.54, 1.807) is 0 Å². The second-order valence-electron chi connectivity index (χ2n) is 5.53. The van der Waals surface area contributed by atoms with E-state index in [2.05, 4.69) is 9.47 Å². The number of aromatic hydroxyl groups is 2. The molecule has 0 saturated heterocycles. The molecule has 26 heavy (non-hydrogen) atoms. The molecule has 2 unspecified atom stereocenters. The number of benzene rings is 2. The van der Waals surface area contributed by atoms with E-state index >= 15 is 0 Å². The maximum atomic E-state index is 14.7. The Morgan fingerprint density at radius 1 is 0.538 bits per heavy atom. The summed E-state index contributed by atoms with van der Waals surface area (Å²) in [5.41, 5.74) is 0. The van der Waals surface area contributed by atoms with E-state index in [0.717, 1.165) is 48.5 Å². The Morgan fingerprint density at radius 3 is 1.08 bits per heavy atom. The van der Waals surface area contributed by atoms with Gasteiger partial charge < -0.3 is 19.7 Å². The lowest BCUT2D eigenvalue weighted by atomic mass is 9.76. The van der Waals surface area contributed by atoms with Crippen molar-refractivity contribution in [3.8, 4) is 23.0 Å². The van der Waals surface area contributed by atoms with Crippen LogP contribution in [0.5, 0.6) is 23.0 Å². The molecule has 1 fully saturated rings. The summed E-state index contributed by atoms with van der Waals surface area (Å²) in [5.74, 6) is -23.0. The fraction of sp³-hybridized carbons (Fsp3) is 0.250. The van der Waals surface area contributed by atoms with Crippen molar-refractivity contribution in [2.45, 2.75) is 23.6 Å². The topological polar surface area (TPSA) is 58.9 Å². The number of halogens is 6. The van der Waals surface area contributed by atoms with E-state index in [9.17, 15) is 26.3 Å². The third-order valence-corrected chi connectivity index (χ3v) is 3.81. The van der Waals surface area contributed by atoms with Crippen molar-refractivity contribution in [1.29, 1.82) is 0 Å². The van der Waals surface area contributed by atoms with Crippen LogP contribution in [0, 0.1) is 0 Å². The number of hydrogen-bond donors (Lipinski definition) is 2. The van der Waals surface area contributed by atoms with Gasteiger partial charge in [-0.25, -0.2) is 0 Å². The average molecular weight is 380 g/mol. The molecule has 0 amide bonds. The molecule has 0 heterocycles. The molecule has 0 aliphatic heterocycles. The smallest absolute Gasteiger partial charge is 0.395 e. The molecule has 1 aliphatic carbocycles. The van der Waals surface area contributed by atoms with Crippen molar-refractivity contribution in [2.75, 3.05) is 0 Å². The Bertz CT molecular complexity index is 741. The first-order valence-electron chi connectivity index (χ1n) is 7.04. The highest BCUT2D eigenvalue weighted by atomic mass is 19.3. The third-order valence-electron chi connectivity index (χ3n) is 3.81. The number of phenolic OH excluding ortho intramolecular Hbond substituents is 2. The summed E-state index contributed by atoms with van der Waals surface area (Å²) in [4.78, 5) is 0. The van der Waals surface area contributed by atoms with Crippen LogP contribution < -0.4 is 9.47 Å². The Labute approximate surface area is 142 Å². The fourth-order valence-corrected chi connectivity index (χ4v) is 2.36. The van der Waals surface area contributed by atoms with Crippen LogP contribution in [0.25, 0.3) is 0 Å². The zero-order valence-corrected chi connectivity index (χ0v) is 12.6. The Kier molecular flexibility index (Phi) is 3.71. The van der Waals surface area contributed by atoms with Crippen LogP contribution in [0.15, 0.2) is 48.5 Å². The quantitative estimate of drug-likeness (QED) is 0.782. The summed E-state index contributed by atoms with van der Waals surface area (Å²) in [6, 6.07) is 6.72. The number of phenols is 2. The monoisotopic (exact) mass is 380 g/mol. The van der Waals surface area contributed by atoms with Gasteiger partial charge in [-0.3, -0.25) is 0 Å². The molecule has 2 atom stereocenters. The van der Waals surface area contributed by atoms with Gasteiger partial charge in [0.1, 0.15) is 23.0 Å². The third kappa shape index (κ3) is 2.17. The molecule has 0 radical (unpaired) electrons. The number of rotatable bonds is 4. The van der Waals surface area contributed by atoms with Gasteiger partial charge in [-0.05, 0) is 48.5 Å². The highest BCUT2D eigenvalue weighted by Crippen LogP contribution is 2.68. The molecule has 1 saturated carbocycles. The van der Waals surface area contributed by atoms with Crippen LogP contribution in [0.1, 0.15) is 0 Å². The Balaban J connectivity index is 1.99. The van der Waals surface area contributed by atoms with Crippen LogP contribution in [0.3, 0.4) is 0 Å². The van der Waals surface area contributed by atoms with Crippen molar-refractivity contribution >= 4 is 0 Å². The second-order valence-corrected chi connectivity index (χ2v) is 5.53. The predicted octanol–water partition coefficient (Wildman–Crippen LogP) is 4.17. The fourth-order valence-electron chi connectivity index (χ4n) is 2.36. The average Bonchev–Trinajstić information content (AvgIpc) is 2.58. The lowest BCUT2D eigenvalue weighted by Gasteiger charge is -2.55. The minimum absolute atomic E-state index is 0.345. The number of ether oxygens (including phenoxy) is 2. The summed E-state index contributed by atoms with van der Waals surface area (Å²) >= 11 is 0. The molecule has 140 valence electrons. The van der Waals surface area contributed by atoms with Crippen LogP contribution in [-0.4, -0.2) is 33.8 Å². The zero-order chi connectivity index (χ0) is 19.4. The molecule has 0 aromatic heterocycles. The molecule has 0 bridgehead atoms. The van der Waals surface area contributed by atoms with Crippen molar-refractivity contribution in [1.82, 2.24) is 0 Å². The van der Waals surface area contributed by atoms with Crippen LogP contribution >= 0.6 is 0 Å². The van der Waals surface area contributed by atoms with Gasteiger partial charge in [0.15, 0.2) is 0 Å². The van der Waals surface area contributed by atoms with E-state index in [1.165, 1.54) is 0 Å². The van der Waals surface area contributed by atoms with E-state index in [4.69, 9.17) is 10.2 Å². The van der Waals surface area contributed by atoms with Gasteiger partial charge >= 0.3 is 23.6 Å². The first kappa shape index (κ1) is 18.0. The molecule has 2 aromatic carbocycles. The summed E-state index contributed by atoms with van der Waals surface area (Å²) in [6.45, 7) is 0. The Hall–Kier alpha value is -2.78. The summed E-state index contributed by atoms with van der Waals surface area (Å²) in [6.07, 6.45) is 0. The molecule has 2 N–H and O–H groups in total. The van der Waals surface area contributed by atoms with Gasteiger partial charge in [-0.2, -0.15) is 26.3 Å². The van der Waals surface area contributed by atoms with Crippen LogP contribution in [0.2, 0.25) is 0 Å². The summed E-state index contributed by atoms with van der Waals surface area (Å²) in [5, 5.41) is 18.2. The first-order chi connectivity index (χ1) is 11.9. The SMILES string of the molecule is Oc1ccc(OC2(F)C(F)(F)C(F)(F)C2(F)Oc2ccc(O)cc2)cc1. The molecular weight excluding hydrogens is 370 g/mol. The number of alkyl halides is 6. The lowest BCUT2D eigenvalue weighted by molar-refractivity contribution is -0.527. The molecule has 2 aromatic rings. The first-order valence-corrected chi connectivity index (χ1v) is 7.04. The van der Waals surface area contributed by atoms with Gasteiger partial charge in [-0.15, -0.1) is 0 Å². The van der Waals surface area contributed by atoms with E-state index in [1.807, 2.05) is 0 Å². The van der Waals surface area contributed by atoms with Crippen LogP contribution in [0.4, 0.5) is 26.3 Å². The number of hydrogen-bond acceptors (Lipinski definition) is 4. The van der Waals surface area contributed by atoms with Gasteiger partial charge in [0.2, 0.25) is 0 Å². The molecule has 10 heteroatoms. The molecule has 3 rings (SSSR count). The molecule has 4 nitrogen and oxygen atoms in total. The summed E-state index contributed by atoms with van der Waals surface area (Å²) in [7, 11) is 0. The maximum absolute atomic E-state index is 14.7. The molecule has 0 spiro atoms. The van der Waals surface area contributed by atoms with Crippen molar-refractivity contribution < 1.29 is 46.0 Å². The normalized spacial score (nSPS) is 28.8.